The maximum atomic E-state index is 13.4. The number of carbonyl (C=O) groups excluding carboxylic acids is 1. The molecule has 0 fully saturated rings. The van der Waals surface area contributed by atoms with Crippen LogP contribution in [-0.4, -0.2) is 37.9 Å². The van der Waals surface area contributed by atoms with Gasteiger partial charge >= 0.3 is 6.43 Å². The summed E-state index contributed by atoms with van der Waals surface area (Å²) < 4.78 is 51.2. The van der Waals surface area contributed by atoms with Gasteiger partial charge in [0.25, 0.3) is 5.91 Å². The van der Waals surface area contributed by atoms with E-state index in [1.165, 1.54) is 38.2 Å². The molecule has 2 heterocycles. The minimum atomic E-state index is -4.22. The third-order valence-electron chi connectivity index (χ3n) is 5.00. The molecule has 0 saturated carbocycles. The zero-order valence-electron chi connectivity index (χ0n) is 16.0. The Bertz CT molecular complexity index is 1200. The van der Waals surface area contributed by atoms with Crippen molar-refractivity contribution in [1.29, 1.82) is 0 Å². The van der Waals surface area contributed by atoms with Gasteiger partial charge in [-0.05, 0) is 26.0 Å². The number of benzene rings is 1. The number of hydrogen-bond acceptors (Lipinski definition) is 5. The van der Waals surface area contributed by atoms with Crippen molar-refractivity contribution < 1.29 is 27.1 Å². The molecule has 6 nitrogen and oxygen atoms in total. The fraction of sp³-hybridized carbons (Fsp3) is 0.263. The molecule has 1 aromatic carbocycles. The van der Waals surface area contributed by atoms with Crippen molar-refractivity contribution >= 4 is 55.3 Å². The number of halogens is 4. The van der Waals surface area contributed by atoms with E-state index in [-0.39, 0.29) is 27.0 Å². The zero-order valence-corrected chi connectivity index (χ0v) is 18.3. The zero-order chi connectivity index (χ0) is 22.6. The van der Waals surface area contributed by atoms with Crippen molar-refractivity contribution in [2.75, 3.05) is 11.9 Å². The Morgan fingerprint density at radius 3 is 2.47 bits per heavy atom. The summed E-state index contributed by atoms with van der Waals surface area (Å²) in [5, 5.41) is 10.3. The lowest BCUT2D eigenvalue weighted by Gasteiger charge is -2.33. The predicted molar refractivity (Wildman–Crippen MR) is 112 cm³/mol. The Labute approximate surface area is 181 Å². The highest BCUT2D eigenvalue weighted by Gasteiger charge is 2.48. The molecule has 0 saturated heterocycles. The number of carbonyl (C=O) groups is 1. The quantitative estimate of drug-likeness (QED) is 0.695. The molecule has 1 aromatic heterocycles. The van der Waals surface area contributed by atoms with Crippen molar-refractivity contribution in [3.63, 3.8) is 0 Å². The largest absolute Gasteiger partial charge is 0.504 e. The van der Waals surface area contributed by atoms with E-state index in [0.717, 1.165) is 7.05 Å². The summed E-state index contributed by atoms with van der Waals surface area (Å²) >= 11 is 12.4. The summed E-state index contributed by atoms with van der Waals surface area (Å²) in [7, 11) is -3.18. The van der Waals surface area contributed by atoms with Crippen LogP contribution in [0.3, 0.4) is 0 Å². The van der Waals surface area contributed by atoms with Crippen LogP contribution >= 0.6 is 23.2 Å². The van der Waals surface area contributed by atoms with E-state index in [0.29, 0.717) is 10.5 Å². The van der Waals surface area contributed by atoms with Crippen LogP contribution in [0.15, 0.2) is 30.5 Å². The molecule has 0 bridgehead atoms. The second-order valence-electron chi connectivity index (χ2n) is 7.05. The number of anilines is 1. The Morgan fingerprint density at radius 1 is 1.23 bits per heavy atom. The molecule has 1 amide bonds. The lowest BCUT2D eigenvalue weighted by atomic mass is 9.98. The summed E-state index contributed by atoms with van der Waals surface area (Å²) in [5.74, 6) is -2.21. The molecule has 11 heteroatoms. The van der Waals surface area contributed by atoms with Crippen molar-refractivity contribution in [2.45, 2.75) is 25.0 Å². The number of aromatic nitrogens is 1. The number of aliphatic hydroxyl groups excluding tert-OH is 1. The minimum Gasteiger partial charge on any atom is -0.504 e. The molecule has 1 aliphatic rings. The van der Waals surface area contributed by atoms with Crippen LogP contribution in [0.5, 0.6) is 0 Å². The molecule has 160 valence electrons. The average Bonchev–Trinajstić information content (AvgIpc) is 2.67. The monoisotopic (exact) mass is 476 g/mol. The number of aliphatic hydroxyl groups is 1. The molecule has 0 radical (unpaired) electrons. The molecule has 3 rings (SSSR count). The van der Waals surface area contributed by atoms with Crippen molar-refractivity contribution in [3.8, 4) is 0 Å². The number of pyridine rings is 1. The maximum absolute atomic E-state index is 13.4. The smallest absolute Gasteiger partial charge is 0.316 e. The van der Waals surface area contributed by atoms with Gasteiger partial charge in [0.05, 0.1) is 20.5 Å². The average molecular weight is 477 g/mol. The minimum absolute atomic E-state index is 0.0527. The normalized spacial score (nSPS) is 17.1. The first-order chi connectivity index (χ1) is 13.8. The molecular weight excluding hydrogens is 461 g/mol. The van der Waals surface area contributed by atoms with Crippen molar-refractivity contribution in [1.82, 2.24) is 4.98 Å². The highest BCUT2D eigenvalue weighted by molar-refractivity contribution is 8.01. The first-order valence-corrected chi connectivity index (χ1v) is 10.8. The van der Waals surface area contributed by atoms with E-state index in [2.05, 4.69) is 4.98 Å². The summed E-state index contributed by atoms with van der Waals surface area (Å²) in [6, 6.07) is 5.54. The lowest BCUT2D eigenvalue weighted by Crippen LogP contribution is -2.35. The molecule has 0 atom stereocenters. The molecule has 30 heavy (non-hydrogen) atoms. The second kappa shape index (κ2) is 7.47. The number of amides is 1. The molecular formula is C19H16Cl2F2N2O4S. The summed E-state index contributed by atoms with van der Waals surface area (Å²) in [6.07, 6.45) is -1.93. The van der Waals surface area contributed by atoms with E-state index >= 15 is 0 Å². The van der Waals surface area contributed by atoms with Crippen LogP contribution < -0.4 is 4.90 Å². The van der Waals surface area contributed by atoms with Gasteiger partial charge in [0.2, 0.25) is 0 Å². The van der Waals surface area contributed by atoms with E-state index in [4.69, 9.17) is 23.2 Å². The van der Waals surface area contributed by atoms with Gasteiger partial charge in [-0.1, -0.05) is 35.3 Å². The molecule has 0 unspecified atom stereocenters. The number of nitrogens with zero attached hydrogens (tertiary/aromatic N) is 2. The van der Waals surface area contributed by atoms with Gasteiger partial charge in [-0.3, -0.25) is 9.78 Å². The van der Waals surface area contributed by atoms with E-state index in [1.54, 1.807) is 6.07 Å². The molecule has 1 aliphatic heterocycles. The topological polar surface area (TPSA) is 87.6 Å². The van der Waals surface area contributed by atoms with Crippen molar-refractivity contribution in [3.05, 3.63) is 57.3 Å². The highest BCUT2D eigenvalue weighted by atomic mass is 35.5. The van der Waals surface area contributed by atoms with Gasteiger partial charge in [-0.2, -0.15) is 8.78 Å². The first-order valence-electron chi connectivity index (χ1n) is 8.51. The van der Waals surface area contributed by atoms with E-state index < -0.39 is 37.6 Å². The Kier molecular flexibility index (Phi) is 5.59. The molecule has 0 spiro atoms. The SMILES string of the molecule is CN(C(=O)C(F)F)c1c(Cl)ccc(C2=C(O)c3ncccc3C(C)(C)S2(=O)=O)c1Cl. The van der Waals surface area contributed by atoms with Crippen molar-refractivity contribution in [2.24, 2.45) is 0 Å². The van der Waals surface area contributed by atoms with E-state index in [9.17, 15) is 27.1 Å². The van der Waals surface area contributed by atoms with Crippen LogP contribution in [-0.2, 0) is 19.4 Å². The van der Waals surface area contributed by atoms with Gasteiger partial charge in [-0.15, -0.1) is 0 Å². The van der Waals surface area contributed by atoms with Crippen LogP contribution in [0.4, 0.5) is 14.5 Å². The highest BCUT2D eigenvalue weighted by Crippen LogP contribution is 2.50. The number of sulfone groups is 1. The van der Waals surface area contributed by atoms with Crippen LogP contribution in [0.2, 0.25) is 10.0 Å². The maximum Gasteiger partial charge on any atom is 0.316 e. The van der Waals surface area contributed by atoms with Crippen LogP contribution in [0.1, 0.15) is 30.7 Å². The van der Waals surface area contributed by atoms with Gasteiger partial charge < -0.3 is 10.0 Å². The summed E-state index contributed by atoms with van der Waals surface area (Å²) in [4.78, 5) is 15.9. The third kappa shape index (κ3) is 3.16. The Morgan fingerprint density at radius 2 is 1.87 bits per heavy atom. The molecule has 1 N–H and O–H groups in total. The lowest BCUT2D eigenvalue weighted by molar-refractivity contribution is -0.128. The fourth-order valence-corrected chi connectivity index (χ4v) is 5.82. The van der Waals surface area contributed by atoms with Gasteiger partial charge in [0.1, 0.15) is 10.6 Å². The summed E-state index contributed by atoms with van der Waals surface area (Å²) in [5.41, 5.74) is -0.147. The fourth-order valence-electron chi connectivity index (χ4n) is 3.27. The van der Waals surface area contributed by atoms with Gasteiger partial charge in [0, 0.05) is 24.4 Å². The standard InChI is InChI=1S/C19H16Cl2F2N2O4S/c1-19(2)10-5-4-8-24-13(10)15(26)16(30(19,28)29)9-6-7-11(20)14(12(9)21)25(3)18(27)17(22)23/h4-8,17,26H,1-3H3. The predicted octanol–water partition coefficient (Wildman–Crippen LogP) is 4.66. The number of rotatable bonds is 3. The Balaban J connectivity index is 2.36. The van der Waals surface area contributed by atoms with Crippen LogP contribution in [0.25, 0.3) is 10.7 Å². The first kappa shape index (κ1) is 22.5. The molecule has 0 aliphatic carbocycles. The van der Waals surface area contributed by atoms with Gasteiger partial charge in [-0.25, -0.2) is 8.42 Å². The van der Waals surface area contributed by atoms with Crippen LogP contribution in [0, 0.1) is 0 Å². The van der Waals surface area contributed by atoms with E-state index in [1.807, 2.05) is 0 Å². The Hall–Kier alpha value is -2.23. The second-order valence-corrected chi connectivity index (χ2v) is 10.3. The summed E-state index contributed by atoms with van der Waals surface area (Å²) in [6.45, 7) is 2.90. The molecule has 2 aromatic rings. The third-order valence-corrected chi connectivity index (χ3v) is 8.20. The number of alkyl halides is 2. The number of fused-ring (bicyclic) bond motifs is 1. The number of hydrogen-bond donors (Lipinski definition) is 1. The van der Waals surface area contributed by atoms with Gasteiger partial charge in [0.15, 0.2) is 15.6 Å².